The summed E-state index contributed by atoms with van der Waals surface area (Å²) in [5.74, 6) is 0.814. The SMILES string of the molecule is COc1cc(-n2ccc(N3CCO[C@H]([C@@H](O)C4=NCc5cc(-c6ccn[nH]6)ccc5N4)C3=O)n2)ccn1. The smallest absolute Gasteiger partial charge is 0.260 e. The monoisotopic (exact) mass is 500 g/mol. The lowest BCUT2D eigenvalue weighted by atomic mass is 10.0. The number of ether oxygens (including phenoxy) is 2. The van der Waals surface area contributed by atoms with Gasteiger partial charge in [-0.3, -0.25) is 19.8 Å². The van der Waals surface area contributed by atoms with Crippen LogP contribution in [0.15, 0.2) is 66.0 Å². The normalized spacial score (nSPS) is 18.1. The number of H-pyrrole nitrogens is 1. The Bertz CT molecular complexity index is 1470. The number of nitrogens with one attached hydrogen (secondary N) is 2. The maximum Gasteiger partial charge on any atom is 0.260 e. The molecule has 2 aliphatic heterocycles. The summed E-state index contributed by atoms with van der Waals surface area (Å²) in [6.07, 6.45) is 2.69. The highest BCUT2D eigenvalue weighted by atomic mass is 16.5. The molecule has 1 amide bonds. The number of aliphatic imine (C=N–C) groups is 1. The van der Waals surface area contributed by atoms with Gasteiger partial charge in [-0.1, -0.05) is 6.07 Å². The number of pyridine rings is 1. The third-order valence-electron chi connectivity index (χ3n) is 6.33. The van der Waals surface area contributed by atoms with Crippen LogP contribution in [-0.2, 0) is 16.1 Å². The minimum absolute atomic E-state index is 0.251. The highest BCUT2D eigenvalue weighted by Crippen LogP contribution is 2.28. The molecule has 0 unspecified atom stereocenters. The number of carbonyl (C=O) groups excluding carboxylic acids is 1. The second-order valence-electron chi connectivity index (χ2n) is 8.57. The first kappa shape index (κ1) is 22.9. The zero-order valence-corrected chi connectivity index (χ0v) is 19.9. The van der Waals surface area contributed by atoms with Crippen LogP contribution in [0.25, 0.3) is 16.9 Å². The number of morpholine rings is 1. The largest absolute Gasteiger partial charge is 0.481 e. The van der Waals surface area contributed by atoms with Crippen molar-refractivity contribution in [3.8, 4) is 22.8 Å². The van der Waals surface area contributed by atoms with Gasteiger partial charge < -0.3 is 19.9 Å². The maximum absolute atomic E-state index is 13.3. The molecule has 1 fully saturated rings. The number of aromatic amines is 1. The van der Waals surface area contributed by atoms with Gasteiger partial charge in [0.25, 0.3) is 5.91 Å². The Morgan fingerprint density at radius 3 is 2.95 bits per heavy atom. The second-order valence-corrected chi connectivity index (χ2v) is 8.57. The van der Waals surface area contributed by atoms with Crippen molar-refractivity contribution < 1.29 is 19.4 Å². The van der Waals surface area contributed by atoms with Crippen molar-refractivity contribution in [1.82, 2.24) is 25.0 Å². The van der Waals surface area contributed by atoms with Gasteiger partial charge in [0.05, 0.1) is 38.2 Å². The molecule has 1 aromatic carbocycles. The van der Waals surface area contributed by atoms with E-state index in [1.165, 1.54) is 4.90 Å². The maximum atomic E-state index is 13.3. The van der Waals surface area contributed by atoms with Gasteiger partial charge in [0.2, 0.25) is 5.88 Å². The molecule has 0 spiro atoms. The molecule has 6 rings (SSSR count). The van der Waals surface area contributed by atoms with E-state index in [-0.39, 0.29) is 18.3 Å². The Morgan fingerprint density at radius 2 is 2.11 bits per heavy atom. The van der Waals surface area contributed by atoms with E-state index in [1.807, 2.05) is 24.3 Å². The summed E-state index contributed by atoms with van der Waals surface area (Å²) < 4.78 is 12.5. The van der Waals surface area contributed by atoms with E-state index in [1.54, 1.807) is 48.6 Å². The molecule has 37 heavy (non-hydrogen) atoms. The lowest BCUT2D eigenvalue weighted by Crippen LogP contribution is -2.56. The number of aromatic nitrogens is 5. The number of carbonyl (C=O) groups is 1. The number of hydrogen-bond acceptors (Lipinski definition) is 9. The van der Waals surface area contributed by atoms with E-state index in [9.17, 15) is 9.90 Å². The number of amides is 1. The highest BCUT2D eigenvalue weighted by Gasteiger charge is 2.39. The van der Waals surface area contributed by atoms with E-state index >= 15 is 0 Å². The lowest BCUT2D eigenvalue weighted by molar-refractivity contribution is -0.139. The van der Waals surface area contributed by atoms with Crippen molar-refractivity contribution in [2.75, 3.05) is 30.5 Å². The third-order valence-corrected chi connectivity index (χ3v) is 6.33. The lowest BCUT2D eigenvalue weighted by Gasteiger charge is -2.34. The van der Waals surface area contributed by atoms with Crippen LogP contribution >= 0.6 is 0 Å². The summed E-state index contributed by atoms with van der Waals surface area (Å²) in [4.78, 5) is 23.5. The molecule has 12 nitrogen and oxygen atoms in total. The molecule has 2 atom stereocenters. The number of benzene rings is 1. The Kier molecular flexibility index (Phi) is 5.87. The van der Waals surface area contributed by atoms with E-state index in [0.29, 0.717) is 24.8 Å². The summed E-state index contributed by atoms with van der Waals surface area (Å²) in [7, 11) is 1.54. The number of fused-ring (bicyclic) bond motifs is 1. The molecule has 0 radical (unpaired) electrons. The number of aliphatic hydroxyl groups is 1. The van der Waals surface area contributed by atoms with Crippen LogP contribution in [-0.4, -0.2) is 74.3 Å². The second kappa shape index (κ2) is 9.48. The van der Waals surface area contributed by atoms with Crippen LogP contribution in [0.5, 0.6) is 5.88 Å². The van der Waals surface area contributed by atoms with Gasteiger partial charge in [0, 0.05) is 42.0 Å². The summed E-state index contributed by atoms with van der Waals surface area (Å²) in [6.45, 7) is 0.930. The van der Waals surface area contributed by atoms with Crippen LogP contribution in [0.1, 0.15) is 5.56 Å². The van der Waals surface area contributed by atoms with Gasteiger partial charge >= 0.3 is 0 Å². The third kappa shape index (κ3) is 4.32. The van der Waals surface area contributed by atoms with Crippen molar-refractivity contribution in [3.05, 3.63) is 66.6 Å². The summed E-state index contributed by atoms with van der Waals surface area (Å²) in [6, 6.07) is 13.1. The fourth-order valence-electron chi connectivity index (χ4n) is 4.40. The first-order valence-corrected chi connectivity index (χ1v) is 11.7. The Hall–Kier alpha value is -4.55. The Labute approximate surface area is 211 Å². The molecule has 3 N–H and O–H groups in total. The quantitative estimate of drug-likeness (QED) is 0.364. The van der Waals surface area contributed by atoms with Crippen LogP contribution < -0.4 is 15.0 Å². The predicted octanol–water partition coefficient (Wildman–Crippen LogP) is 1.78. The molecule has 0 saturated carbocycles. The van der Waals surface area contributed by atoms with Crippen molar-refractivity contribution in [2.24, 2.45) is 4.99 Å². The van der Waals surface area contributed by atoms with Gasteiger partial charge in [-0.25, -0.2) is 9.67 Å². The number of methoxy groups -OCH3 is 1. The fourth-order valence-corrected chi connectivity index (χ4v) is 4.40. The van der Waals surface area contributed by atoms with Gasteiger partial charge in [-0.2, -0.15) is 5.10 Å². The molecule has 12 heteroatoms. The van der Waals surface area contributed by atoms with Crippen LogP contribution in [0.4, 0.5) is 11.5 Å². The molecule has 4 aromatic rings. The molecule has 0 aliphatic carbocycles. The minimum Gasteiger partial charge on any atom is -0.481 e. The fraction of sp³-hybridized carbons (Fsp3) is 0.240. The van der Waals surface area contributed by atoms with E-state index in [4.69, 9.17) is 9.47 Å². The van der Waals surface area contributed by atoms with Crippen LogP contribution in [0, 0.1) is 0 Å². The van der Waals surface area contributed by atoms with Crippen LogP contribution in [0.2, 0.25) is 0 Å². The first-order valence-electron chi connectivity index (χ1n) is 11.7. The molecule has 3 aromatic heterocycles. The van der Waals surface area contributed by atoms with Gasteiger partial charge in [-0.15, -0.1) is 5.10 Å². The number of amidine groups is 1. The average molecular weight is 501 g/mol. The number of aliphatic hydroxyl groups excluding tert-OH is 1. The van der Waals surface area contributed by atoms with Gasteiger partial charge in [0.1, 0.15) is 11.9 Å². The van der Waals surface area contributed by atoms with Crippen molar-refractivity contribution >= 4 is 23.2 Å². The van der Waals surface area contributed by atoms with Crippen molar-refractivity contribution in [1.29, 1.82) is 0 Å². The minimum atomic E-state index is -1.26. The molecular weight excluding hydrogens is 476 g/mol. The number of nitrogens with zero attached hydrogens (tertiary/aromatic N) is 6. The van der Waals surface area contributed by atoms with E-state index in [0.717, 1.165) is 28.2 Å². The van der Waals surface area contributed by atoms with Crippen LogP contribution in [0.3, 0.4) is 0 Å². The zero-order chi connectivity index (χ0) is 25.4. The topological polar surface area (TPSA) is 143 Å². The van der Waals surface area contributed by atoms with E-state index < -0.39 is 12.2 Å². The molecule has 1 saturated heterocycles. The average Bonchev–Trinajstić information content (AvgIpc) is 3.65. The Balaban J connectivity index is 1.18. The summed E-state index contributed by atoms with van der Waals surface area (Å²) in [5.41, 5.74) is 4.43. The van der Waals surface area contributed by atoms with Gasteiger partial charge in [0.15, 0.2) is 11.9 Å². The van der Waals surface area contributed by atoms with Gasteiger partial charge in [-0.05, 0) is 29.8 Å². The zero-order valence-electron chi connectivity index (χ0n) is 19.9. The molecule has 5 heterocycles. The Morgan fingerprint density at radius 1 is 1.19 bits per heavy atom. The molecule has 0 bridgehead atoms. The number of hydrogen-bond donors (Lipinski definition) is 3. The molecular formula is C25H24N8O4. The summed E-state index contributed by atoms with van der Waals surface area (Å²) in [5, 5.41) is 25.7. The highest BCUT2D eigenvalue weighted by molar-refractivity contribution is 6.06. The standard InChI is InChI=1S/C25H24N8O4/c1-36-21-13-17(4-7-26-21)33-9-6-20(31-33)32-10-11-37-23(25(32)35)22(34)24-27-14-16-12-15(2-3-18(16)29-24)19-5-8-28-30-19/h2-9,12-13,22-23,34H,10-11,14H2,1H3,(H,27,29)(H,28,30)/t22-,23-/m1/s1. The van der Waals surface area contributed by atoms with E-state index in [2.05, 4.69) is 30.6 Å². The molecule has 2 aliphatic rings. The first-order chi connectivity index (χ1) is 18.1. The number of rotatable bonds is 6. The van der Waals surface area contributed by atoms with Crippen molar-refractivity contribution in [3.63, 3.8) is 0 Å². The summed E-state index contributed by atoms with van der Waals surface area (Å²) >= 11 is 0. The predicted molar refractivity (Wildman–Crippen MR) is 135 cm³/mol. The van der Waals surface area contributed by atoms with Crippen molar-refractivity contribution in [2.45, 2.75) is 18.8 Å². The number of anilines is 2. The molecule has 188 valence electrons.